The molecule has 2 fully saturated rings. The fourth-order valence-corrected chi connectivity index (χ4v) is 3.74. The molecule has 104 valence electrons. The largest absolute Gasteiger partial charge is 0.364 e. The zero-order chi connectivity index (χ0) is 13.4. The van der Waals surface area contributed by atoms with Crippen molar-refractivity contribution in [2.75, 3.05) is 24.5 Å². The van der Waals surface area contributed by atoms with Crippen molar-refractivity contribution >= 4 is 21.6 Å². The van der Waals surface area contributed by atoms with Crippen LogP contribution in [0.1, 0.15) is 26.2 Å². The maximum Gasteiger partial charge on any atom is 0.146 e. The third-order valence-electron chi connectivity index (χ3n) is 4.40. The maximum absolute atomic E-state index is 14.1. The van der Waals surface area contributed by atoms with Crippen LogP contribution in [0.4, 0.5) is 10.1 Å². The van der Waals surface area contributed by atoms with E-state index in [2.05, 4.69) is 32.7 Å². The molecule has 0 radical (unpaired) electrons. The van der Waals surface area contributed by atoms with Crippen molar-refractivity contribution in [2.45, 2.75) is 38.3 Å². The van der Waals surface area contributed by atoms with Crippen LogP contribution >= 0.6 is 15.9 Å². The molecule has 0 bridgehead atoms. The van der Waals surface area contributed by atoms with E-state index in [1.165, 1.54) is 25.8 Å². The van der Waals surface area contributed by atoms with E-state index < -0.39 is 0 Å². The Bertz CT molecular complexity index is 465. The highest BCUT2D eigenvalue weighted by Crippen LogP contribution is 2.31. The molecule has 0 saturated carbocycles. The molecule has 2 nitrogen and oxygen atoms in total. The first-order valence-electron chi connectivity index (χ1n) is 7.11. The van der Waals surface area contributed by atoms with Crippen LogP contribution in [0.5, 0.6) is 0 Å². The van der Waals surface area contributed by atoms with Gasteiger partial charge in [0.2, 0.25) is 0 Å². The molecule has 1 aromatic carbocycles. The lowest BCUT2D eigenvalue weighted by molar-refractivity contribution is 0.115. The van der Waals surface area contributed by atoms with E-state index in [0.717, 1.165) is 23.2 Å². The van der Waals surface area contributed by atoms with Crippen molar-refractivity contribution in [3.63, 3.8) is 0 Å². The van der Waals surface area contributed by atoms with Gasteiger partial charge in [-0.15, -0.1) is 0 Å². The Hall–Kier alpha value is -0.610. The van der Waals surface area contributed by atoms with E-state index in [1.54, 1.807) is 12.1 Å². The minimum Gasteiger partial charge on any atom is -0.364 e. The lowest BCUT2D eigenvalue weighted by atomic mass is 9.96. The van der Waals surface area contributed by atoms with Gasteiger partial charge >= 0.3 is 0 Å². The summed E-state index contributed by atoms with van der Waals surface area (Å²) in [5, 5.41) is 0. The Balaban J connectivity index is 1.85. The molecule has 0 aromatic heterocycles. The van der Waals surface area contributed by atoms with E-state index in [4.69, 9.17) is 0 Å². The van der Waals surface area contributed by atoms with Gasteiger partial charge in [-0.25, -0.2) is 4.39 Å². The minimum atomic E-state index is -0.112. The average molecular weight is 327 g/mol. The molecular weight excluding hydrogens is 307 g/mol. The van der Waals surface area contributed by atoms with Gasteiger partial charge < -0.3 is 4.90 Å². The first-order valence-corrected chi connectivity index (χ1v) is 7.90. The van der Waals surface area contributed by atoms with Gasteiger partial charge in [-0.1, -0.05) is 22.4 Å². The molecule has 2 unspecified atom stereocenters. The van der Waals surface area contributed by atoms with Crippen LogP contribution in [-0.2, 0) is 0 Å². The van der Waals surface area contributed by atoms with E-state index in [9.17, 15) is 4.39 Å². The Morgan fingerprint density at radius 2 is 2.11 bits per heavy atom. The summed E-state index contributed by atoms with van der Waals surface area (Å²) in [5.74, 6) is -0.112. The second-order valence-corrected chi connectivity index (χ2v) is 6.66. The third-order valence-corrected chi connectivity index (χ3v) is 4.90. The smallest absolute Gasteiger partial charge is 0.146 e. The van der Waals surface area contributed by atoms with Crippen LogP contribution in [0.15, 0.2) is 22.7 Å². The summed E-state index contributed by atoms with van der Waals surface area (Å²) in [6.45, 7) is 5.42. The molecule has 2 saturated heterocycles. The van der Waals surface area contributed by atoms with Crippen molar-refractivity contribution in [3.05, 3.63) is 28.5 Å². The van der Waals surface area contributed by atoms with Crippen LogP contribution in [0.2, 0.25) is 0 Å². The zero-order valence-electron chi connectivity index (χ0n) is 11.3. The zero-order valence-corrected chi connectivity index (χ0v) is 12.9. The van der Waals surface area contributed by atoms with Crippen LogP contribution in [0.3, 0.4) is 0 Å². The molecule has 4 heteroatoms. The molecule has 1 aromatic rings. The predicted octanol–water partition coefficient (Wildman–Crippen LogP) is 3.65. The maximum atomic E-state index is 14.1. The first-order chi connectivity index (χ1) is 9.15. The molecule has 2 aliphatic heterocycles. The summed E-state index contributed by atoms with van der Waals surface area (Å²) in [6, 6.07) is 6.20. The first kappa shape index (κ1) is 13.4. The molecule has 0 aliphatic carbocycles. The molecule has 2 heterocycles. The minimum absolute atomic E-state index is 0.112. The highest BCUT2D eigenvalue weighted by Gasteiger charge is 2.33. The van der Waals surface area contributed by atoms with Gasteiger partial charge in [-0.3, -0.25) is 4.90 Å². The highest BCUT2D eigenvalue weighted by molar-refractivity contribution is 9.10. The van der Waals surface area contributed by atoms with Gasteiger partial charge in [0.25, 0.3) is 0 Å². The van der Waals surface area contributed by atoms with Gasteiger partial charge in [0.15, 0.2) is 0 Å². The number of rotatable bonds is 1. The quantitative estimate of drug-likeness (QED) is 0.777. The second kappa shape index (κ2) is 5.41. The standard InChI is InChI=1S/C15H20BrFN2/c1-11-9-18-7-3-2-4-13(18)10-19(11)15-8-12(16)5-6-14(15)17/h5-6,8,11,13H,2-4,7,9-10H2,1H3. The fourth-order valence-electron chi connectivity index (χ4n) is 3.39. The summed E-state index contributed by atoms with van der Waals surface area (Å²) in [7, 11) is 0. The van der Waals surface area contributed by atoms with Gasteiger partial charge in [-0.05, 0) is 44.5 Å². The van der Waals surface area contributed by atoms with E-state index in [0.29, 0.717) is 12.1 Å². The summed E-state index contributed by atoms with van der Waals surface area (Å²) in [4.78, 5) is 4.83. The third kappa shape index (κ3) is 2.65. The van der Waals surface area contributed by atoms with Crippen molar-refractivity contribution in [1.29, 1.82) is 0 Å². The van der Waals surface area contributed by atoms with Crippen LogP contribution in [0, 0.1) is 5.82 Å². The number of halogens is 2. The van der Waals surface area contributed by atoms with E-state index in [1.807, 2.05) is 6.07 Å². The molecule has 0 N–H and O–H groups in total. The molecular formula is C15H20BrFN2. The van der Waals surface area contributed by atoms with Gasteiger partial charge in [0.05, 0.1) is 5.69 Å². The van der Waals surface area contributed by atoms with Crippen LogP contribution in [-0.4, -0.2) is 36.6 Å². The Labute approximate surface area is 122 Å². The number of benzene rings is 1. The number of anilines is 1. The van der Waals surface area contributed by atoms with Crippen molar-refractivity contribution in [3.8, 4) is 0 Å². The SMILES string of the molecule is CC1CN2CCCCC2CN1c1cc(Br)ccc1F. The number of hydrogen-bond donors (Lipinski definition) is 0. The van der Waals surface area contributed by atoms with Gasteiger partial charge in [0.1, 0.15) is 5.82 Å². The van der Waals surface area contributed by atoms with Gasteiger partial charge in [0, 0.05) is 29.6 Å². The second-order valence-electron chi connectivity index (χ2n) is 5.74. The number of piperidine rings is 1. The molecule has 2 aliphatic rings. The summed E-state index contributed by atoms with van der Waals surface area (Å²) < 4.78 is 15.0. The monoisotopic (exact) mass is 326 g/mol. The molecule has 0 amide bonds. The van der Waals surface area contributed by atoms with E-state index >= 15 is 0 Å². The topological polar surface area (TPSA) is 6.48 Å². The van der Waals surface area contributed by atoms with E-state index in [-0.39, 0.29) is 5.82 Å². The van der Waals surface area contributed by atoms with Gasteiger partial charge in [-0.2, -0.15) is 0 Å². The summed E-state index contributed by atoms with van der Waals surface area (Å²) >= 11 is 3.45. The molecule has 3 rings (SSSR count). The van der Waals surface area contributed by atoms with Crippen molar-refractivity contribution in [2.24, 2.45) is 0 Å². The number of fused-ring (bicyclic) bond motifs is 1. The Kier molecular flexibility index (Phi) is 3.81. The van der Waals surface area contributed by atoms with Crippen molar-refractivity contribution in [1.82, 2.24) is 4.90 Å². The molecule has 19 heavy (non-hydrogen) atoms. The molecule has 0 spiro atoms. The Morgan fingerprint density at radius 1 is 1.26 bits per heavy atom. The highest BCUT2D eigenvalue weighted by atomic mass is 79.9. The predicted molar refractivity (Wildman–Crippen MR) is 80.1 cm³/mol. The lowest BCUT2D eigenvalue weighted by Gasteiger charge is -2.48. The van der Waals surface area contributed by atoms with Crippen LogP contribution in [0.25, 0.3) is 0 Å². The number of hydrogen-bond acceptors (Lipinski definition) is 2. The number of nitrogens with zero attached hydrogens (tertiary/aromatic N) is 2. The van der Waals surface area contributed by atoms with Crippen LogP contribution < -0.4 is 4.90 Å². The number of piperazine rings is 1. The average Bonchev–Trinajstić information content (AvgIpc) is 2.41. The van der Waals surface area contributed by atoms with Crippen molar-refractivity contribution < 1.29 is 4.39 Å². The summed E-state index contributed by atoms with van der Waals surface area (Å²) in [5.41, 5.74) is 0.743. The lowest BCUT2D eigenvalue weighted by Crippen LogP contribution is -2.59. The molecule has 2 atom stereocenters. The fraction of sp³-hybridized carbons (Fsp3) is 0.600. The Morgan fingerprint density at radius 3 is 2.95 bits per heavy atom. The summed E-state index contributed by atoms with van der Waals surface area (Å²) in [6.07, 6.45) is 3.87. The normalized spacial score (nSPS) is 28.3.